The fourth-order valence-corrected chi connectivity index (χ4v) is 5.92. The summed E-state index contributed by atoms with van der Waals surface area (Å²) >= 11 is 4.63. The molecule has 0 unspecified atom stereocenters. The molecule has 1 aromatic heterocycles. The number of rotatable bonds is 5. The van der Waals surface area contributed by atoms with E-state index in [-0.39, 0.29) is 5.56 Å². The van der Waals surface area contributed by atoms with Gasteiger partial charge in [-0.1, -0.05) is 28.1 Å². The van der Waals surface area contributed by atoms with Gasteiger partial charge in [-0.15, -0.1) is 11.3 Å². The highest BCUT2D eigenvalue weighted by Crippen LogP contribution is 2.35. The second-order valence-electron chi connectivity index (χ2n) is 9.23. The Labute approximate surface area is 220 Å². The number of likely N-dealkylation sites (tertiary alicyclic amines) is 1. The Balaban J connectivity index is 1.33. The summed E-state index contributed by atoms with van der Waals surface area (Å²) < 4.78 is 42.1. The third-order valence-electron chi connectivity index (χ3n) is 6.86. The number of thiazole rings is 1. The third kappa shape index (κ3) is 5.76. The van der Waals surface area contributed by atoms with Crippen LogP contribution in [0.2, 0.25) is 0 Å². The number of carbonyl (C=O) groups excluding carboxylic acids is 1. The number of nitrogens with one attached hydrogen (secondary N) is 1. The van der Waals surface area contributed by atoms with Gasteiger partial charge in [-0.3, -0.25) is 10.1 Å². The predicted molar refractivity (Wildman–Crippen MR) is 141 cm³/mol. The van der Waals surface area contributed by atoms with Gasteiger partial charge in [0.1, 0.15) is 0 Å². The van der Waals surface area contributed by atoms with Crippen molar-refractivity contribution >= 4 is 44.0 Å². The summed E-state index contributed by atoms with van der Waals surface area (Å²) in [6.07, 6.45) is -0.285. The van der Waals surface area contributed by atoms with E-state index in [0.29, 0.717) is 35.6 Å². The lowest BCUT2D eigenvalue weighted by molar-refractivity contribution is -0.137. The monoisotopic (exact) mass is 578 g/mol. The van der Waals surface area contributed by atoms with Crippen molar-refractivity contribution < 1.29 is 18.0 Å². The first-order valence-corrected chi connectivity index (χ1v) is 13.7. The molecule has 3 aromatic rings. The third-order valence-corrected chi connectivity index (χ3v) is 8.14. The number of carbonyl (C=O) groups is 1. The first-order chi connectivity index (χ1) is 17.3. The van der Waals surface area contributed by atoms with E-state index >= 15 is 0 Å². The average molecular weight is 579 g/mol. The highest BCUT2D eigenvalue weighted by molar-refractivity contribution is 9.10. The van der Waals surface area contributed by atoms with Gasteiger partial charge in [0.25, 0.3) is 5.91 Å². The lowest BCUT2D eigenvalue weighted by atomic mass is 10.0. The molecular formula is C26H26BrF3N4OS. The number of anilines is 2. The van der Waals surface area contributed by atoms with Crippen LogP contribution >= 0.6 is 27.3 Å². The molecule has 0 bridgehead atoms. The summed E-state index contributed by atoms with van der Waals surface area (Å²) in [5.74, 6) is -0.606. The van der Waals surface area contributed by atoms with Crippen LogP contribution in [-0.4, -0.2) is 48.0 Å². The molecule has 190 valence electrons. The molecule has 3 heterocycles. The standard InChI is InChI=1S/C26H26BrF3N4OS/c27-20-5-3-17(4-6-20)23-16-36-25(31-23)32-24(35)18-13-19(26(28,29)30)15-22(14-18)34-11-7-21(8-12-34)33-9-1-2-10-33/h3-6,13-16,21H,1-2,7-12H2,(H,31,32,35). The molecule has 2 aromatic carbocycles. The molecule has 2 aliphatic heterocycles. The molecule has 5 nitrogen and oxygen atoms in total. The van der Waals surface area contributed by atoms with Gasteiger partial charge >= 0.3 is 6.18 Å². The number of piperidine rings is 1. The number of hydrogen-bond donors (Lipinski definition) is 1. The first-order valence-electron chi connectivity index (χ1n) is 12.0. The number of hydrogen-bond acceptors (Lipinski definition) is 5. The minimum Gasteiger partial charge on any atom is -0.371 e. The molecule has 0 saturated carbocycles. The predicted octanol–water partition coefficient (Wildman–Crippen LogP) is 6.91. The van der Waals surface area contributed by atoms with Crippen LogP contribution < -0.4 is 10.2 Å². The number of aromatic nitrogens is 1. The highest BCUT2D eigenvalue weighted by Gasteiger charge is 2.33. The van der Waals surface area contributed by atoms with E-state index in [4.69, 9.17) is 0 Å². The second kappa shape index (κ2) is 10.5. The molecule has 2 aliphatic rings. The molecule has 10 heteroatoms. The molecule has 2 saturated heterocycles. The lowest BCUT2D eigenvalue weighted by Crippen LogP contribution is -2.44. The highest BCUT2D eigenvalue weighted by atomic mass is 79.9. The summed E-state index contributed by atoms with van der Waals surface area (Å²) in [6.45, 7) is 3.57. The summed E-state index contributed by atoms with van der Waals surface area (Å²) in [5.41, 5.74) is 1.16. The second-order valence-corrected chi connectivity index (χ2v) is 11.0. The fourth-order valence-electron chi connectivity index (χ4n) is 4.94. The summed E-state index contributed by atoms with van der Waals surface area (Å²) in [4.78, 5) is 21.9. The topological polar surface area (TPSA) is 48.5 Å². The van der Waals surface area contributed by atoms with E-state index in [1.165, 1.54) is 24.2 Å². The first kappa shape index (κ1) is 25.2. The maximum Gasteiger partial charge on any atom is 0.416 e. The number of alkyl halides is 3. The average Bonchev–Trinajstić information content (AvgIpc) is 3.57. The van der Waals surface area contributed by atoms with Gasteiger partial charge in [-0.2, -0.15) is 13.2 Å². The zero-order valence-corrected chi connectivity index (χ0v) is 21.9. The molecule has 36 heavy (non-hydrogen) atoms. The number of nitrogens with zero attached hydrogens (tertiary/aromatic N) is 3. The van der Waals surface area contributed by atoms with Crippen molar-refractivity contribution in [1.82, 2.24) is 9.88 Å². The van der Waals surface area contributed by atoms with Crippen LogP contribution in [0.15, 0.2) is 52.3 Å². The molecule has 0 radical (unpaired) electrons. The van der Waals surface area contributed by atoms with Crippen LogP contribution in [0.25, 0.3) is 11.3 Å². The Kier molecular flexibility index (Phi) is 7.37. The largest absolute Gasteiger partial charge is 0.416 e. The number of halogens is 4. The van der Waals surface area contributed by atoms with E-state index in [1.807, 2.05) is 29.2 Å². The van der Waals surface area contributed by atoms with Crippen molar-refractivity contribution in [3.8, 4) is 11.3 Å². The van der Waals surface area contributed by atoms with E-state index in [2.05, 4.69) is 31.1 Å². The van der Waals surface area contributed by atoms with E-state index in [9.17, 15) is 18.0 Å². The van der Waals surface area contributed by atoms with E-state index in [1.54, 1.807) is 11.4 Å². The van der Waals surface area contributed by atoms with Crippen molar-refractivity contribution in [2.45, 2.75) is 37.9 Å². The SMILES string of the molecule is O=C(Nc1nc(-c2ccc(Br)cc2)cs1)c1cc(N2CCC(N3CCCC3)CC2)cc(C(F)(F)F)c1. The van der Waals surface area contributed by atoms with Gasteiger partial charge in [-0.05, 0) is 69.1 Å². The Bertz CT molecular complexity index is 1220. The Morgan fingerprint density at radius 2 is 1.72 bits per heavy atom. The van der Waals surface area contributed by atoms with Crippen molar-refractivity contribution in [3.05, 3.63) is 63.4 Å². The van der Waals surface area contributed by atoms with Gasteiger partial charge in [0.15, 0.2) is 5.13 Å². The van der Waals surface area contributed by atoms with E-state index < -0.39 is 17.6 Å². The smallest absolute Gasteiger partial charge is 0.371 e. The maximum absolute atomic E-state index is 13.7. The summed E-state index contributed by atoms with van der Waals surface area (Å²) in [5, 5.41) is 4.82. The minimum atomic E-state index is -4.55. The number of amides is 1. The molecule has 5 rings (SSSR count). The van der Waals surface area contributed by atoms with Gasteiger partial charge < -0.3 is 9.80 Å². The van der Waals surface area contributed by atoms with Crippen molar-refractivity contribution in [1.29, 1.82) is 0 Å². The molecular weight excluding hydrogens is 553 g/mol. The molecule has 0 aliphatic carbocycles. The quantitative estimate of drug-likeness (QED) is 0.357. The van der Waals surface area contributed by atoms with Crippen LogP contribution in [-0.2, 0) is 6.18 Å². The van der Waals surface area contributed by atoms with Crippen LogP contribution in [0.3, 0.4) is 0 Å². The molecule has 0 atom stereocenters. The minimum absolute atomic E-state index is 0.0260. The van der Waals surface area contributed by atoms with E-state index in [0.717, 1.165) is 48.1 Å². The summed E-state index contributed by atoms with van der Waals surface area (Å²) in [6, 6.07) is 11.7. The lowest BCUT2D eigenvalue weighted by Gasteiger charge is -2.38. The zero-order chi connectivity index (χ0) is 25.3. The normalized spacial score (nSPS) is 17.5. The van der Waals surface area contributed by atoms with Gasteiger partial charge in [-0.25, -0.2) is 4.98 Å². The van der Waals surface area contributed by atoms with Crippen molar-refractivity contribution in [2.24, 2.45) is 0 Å². The van der Waals surface area contributed by atoms with Crippen LogP contribution in [0, 0.1) is 0 Å². The Morgan fingerprint density at radius 1 is 1.03 bits per heavy atom. The molecule has 1 amide bonds. The molecule has 0 spiro atoms. The summed E-state index contributed by atoms with van der Waals surface area (Å²) in [7, 11) is 0. The van der Waals surface area contributed by atoms with Crippen LogP contribution in [0.5, 0.6) is 0 Å². The van der Waals surface area contributed by atoms with Crippen molar-refractivity contribution in [3.63, 3.8) is 0 Å². The number of benzene rings is 2. The van der Waals surface area contributed by atoms with Gasteiger partial charge in [0.2, 0.25) is 0 Å². The Morgan fingerprint density at radius 3 is 2.39 bits per heavy atom. The van der Waals surface area contributed by atoms with Crippen LogP contribution in [0.4, 0.5) is 24.0 Å². The van der Waals surface area contributed by atoms with Gasteiger partial charge in [0.05, 0.1) is 11.3 Å². The maximum atomic E-state index is 13.7. The molecule has 2 fully saturated rings. The van der Waals surface area contributed by atoms with Gasteiger partial charge in [0, 0.05) is 45.8 Å². The fraction of sp³-hybridized carbons (Fsp3) is 0.385. The Hall–Kier alpha value is -2.43. The molecule has 1 N–H and O–H groups in total. The zero-order valence-electron chi connectivity index (χ0n) is 19.5. The van der Waals surface area contributed by atoms with Crippen LogP contribution in [0.1, 0.15) is 41.6 Å². The van der Waals surface area contributed by atoms with Crippen molar-refractivity contribution in [2.75, 3.05) is 36.4 Å².